The van der Waals surface area contributed by atoms with Crippen molar-refractivity contribution in [3.8, 4) is 6.07 Å². The van der Waals surface area contributed by atoms with Crippen LogP contribution < -0.4 is 0 Å². The first-order valence-electron chi connectivity index (χ1n) is 5.83. The molecule has 0 spiro atoms. The number of hydrogen-bond acceptors (Lipinski definition) is 3. The van der Waals surface area contributed by atoms with Crippen LogP contribution >= 0.6 is 0 Å². The minimum atomic E-state index is -3.53. The average Bonchev–Trinajstić information content (AvgIpc) is 2.40. The van der Waals surface area contributed by atoms with Crippen molar-refractivity contribution in [3.63, 3.8) is 0 Å². The summed E-state index contributed by atoms with van der Waals surface area (Å²) in [5.74, 6) is 0. The van der Waals surface area contributed by atoms with Crippen molar-refractivity contribution in [3.05, 3.63) is 30.3 Å². The summed E-state index contributed by atoms with van der Waals surface area (Å²) >= 11 is 0. The normalized spacial score (nSPS) is 19.5. The first kappa shape index (κ1) is 12.1. The van der Waals surface area contributed by atoms with Gasteiger partial charge in [0.2, 0.25) is 0 Å². The van der Waals surface area contributed by atoms with E-state index in [1.54, 1.807) is 30.3 Å². The number of hydrogen-bond donors (Lipinski definition) is 0. The molecule has 1 aliphatic rings. The summed E-state index contributed by atoms with van der Waals surface area (Å²) < 4.78 is 23.8. The summed E-state index contributed by atoms with van der Waals surface area (Å²) in [5.41, 5.74) is 0. The third-order valence-electron chi connectivity index (χ3n) is 3.43. The number of nitrogens with zero attached hydrogens (tertiary/aromatic N) is 1. The monoisotopic (exact) mass is 249 g/mol. The lowest BCUT2D eigenvalue weighted by Crippen LogP contribution is -2.39. The van der Waals surface area contributed by atoms with E-state index in [0.29, 0.717) is 12.8 Å². The average molecular weight is 249 g/mol. The van der Waals surface area contributed by atoms with E-state index in [1.165, 1.54) is 0 Å². The zero-order chi connectivity index (χ0) is 12.4. The van der Waals surface area contributed by atoms with E-state index in [-0.39, 0.29) is 4.90 Å². The first-order valence-corrected chi connectivity index (χ1v) is 7.32. The van der Waals surface area contributed by atoms with Crippen molar-refractivity contribution < 1.29 is 8.42 Å². The van der Waals surface area contributed by atoms with Crippen LogP contribution in [0, 0.1) is 11.3 Å². The fourth-order valence-corrected chi connectivity index (χ4v) is 4.30. The zero-order valence-electron chi connectivity index (χ0n) is 9.59. The van der Waals surface area contributed by atoms with Crippen molar-refractivity contribution in [1.82, 2.24) is 0 Å². The molecule has 1 fully saturated rings. The molecule has 0 bridgehead atoms. The van der Waals surface area contributed by atoms with Crippen molar-refractivity contribution in [2.75, 3.05) is 0 Å². The van der Waals surface area contributed by atoms with Crippen LogP contribution in [0.4, 0.5) is 0 Å². The van der Waals surface area contributed by atoms with Crippen LogP contribution in [0.1, 0.15) is 32.1 Å². The quantitative estimate of drug-likeness (QED) is 0.809. The lowest BCUT2D eigenvalue weighted by molar-refractivity contribution is 0.430. The van der Waals surface area contributed by atoms with Crippen molar-refractivity contribution in [2.45, 2.75) is 41.7 Å². The molecule has 0 amide bonds. The molecule has 0 aromatic heterocycles. The predicted octanol–water partition coefficient (Wildman–Crippen LogP) is 2.69. The van der Waals surface area contributed by atoms with Gasteiger partial charge in [0.25, 0.3) is 0 Å². The van der Waals surface area contributed by atoms with Crippen LogP contribution in [0.15, 0.2) is 35.2 Å². The van der Waals surface area contributed by atoms with Gasteiger partial charge in [-0.15, -0.1) is 0 Å². The van der Waals surface area contributed by atoms with Crippen LogP contribution in [0.25, 0.3) is 0 Å². The highest BCUT2D eigenvalue weighted by molar-refractivity contribution is 7.93. The van der Waals surface area contributed by atoms with Gasteiger partial charge in [0.05, 0.1) is 11.0 Å². The molecule has 4 heteroatoms. The molecule has 2 rings (SSSR count). The van der Waals surface area contributed by atoms with Gasteiger partial charge in [0, 0.05) is 0 Å². The molecule has 1 aromatic carbocycles. The Hall–Kier alpha value is -1.34. The van der Waals surface area contributed by atoms with Gasteiger partial charge in [0.1, 0.15) is 0 Å². The van der Waals surface area contributed by atoms with Gasteiger partial charge < -0.3 is 0 Å². The minimum absolute atomic E-state index is 0.267. The van der Waals surface area contributed by atoms with E-state index in [1.807, 2.05) is 0 Å². The van der Waals surface area contributed by atoms with E-state index >= 15 is 0 Å². The molecule has 1 aromatic rings. The summed E-state index contributed by atoms with van der Waals surface area (Å²) in [6.07, 6.45) is 3.58. The number of rotatable bonds is 2. The highest BCUT2D eigenvalue weighted by atomic mass is 32.2. The molecular weight excluding hydrogens is 234 g/mol. The summed E-state index contributed by atoms with van der Waals surface area (Å²) in [7, 11) is -3.53. The topological polar surface area (TPSA) is 57.9 Å². The van der Waals surface area contributed by atoms with E-state index in [2.05, 4.69) is 6.07 Å². The van der Waals surface area contributed by atoms with Gasteiger partial charge in [-0.25, -0.2) is 8.42 Å². The van der Waals surface area contributed by atoms with Gasteiger partial charge in [-0.2, -0.15) is 5.26 Å². The van der Waals surface area contributed by atoms with E-state index in [4.69, 9.17) is 0 Å². The first-order chi connectivity index (χ1) is 8.12. The van der Waals surface area contributed by atoms with E-state index < -0.39 is 14.6 Å². The maximum absolute atomic E-state index is 12.5. The van der Waals surface area contributed by atoms with Gasteiger partial charge in [-0.05, 0) is 25.0 Å². The molecule has 0 unspecified atom stereocenters. The number of benzene rings is 1. The third-order valence-corrected chi connectivity index (χ3v) is 5.85. The molecule has 0 saturated heterocycles. The molecule has 0 radical (unpaired) electrons. The molecule has 0 heterocycles. The molecule has 0 N–H and O–H groups in total. The Morgan fingerprint density at radius 3 is 2.18 bits per heavy atom. The maximum atomic E-state index is 12.5. The largest absolute Gasteiger partial charge is 0.222 e. The second-order valence-electron chi connectivity index (χ2n) is 4.48. The van der Waals surface area contributed by atoms with Gasteiger partial charge in [0.15, 0.2) is 14.6 Å². The molecule has 0 atom stereocenters. The SMILES string of the molecule is N#CC1(S(=O)(=O)c2ccccc2)CCCCC1. The fraction of sp³-hybridized carbons (Fsp3) is 0.462. The highest BCUT2D eigenvalue weighted by Gasteiger charge is 2.45. The Labute approximate surface area is 102 Å². The van der Waals surface area contributed by atoms with E-state index in [9.17, 15) is 13.7 Å². The molecule has 0 aliphatic heterocycles. The molecular formula is C13H15NO2S. The molecule has 17 heavy (non-hydrogen) atoms. The molecule has 90 valence electrons. The lowest BCUT2D eigenvalue weighted by Gasteiger charge is -2.30. The van der Waals surface area contributed by atoms with Crippen molar-refractivity contribution in [2.24, 2.45) is 0 Å². The second-order valence-corrected chi connectivity index (χ2v) is 6.74. The predicted molar refractivity (Wildman–Crippen MR) is 65.1 cm³/mol. The summed E-state index contributed by atoms with van der Waals surface area (Å²) in [5, 5.41) is 9.31. The second kappa shape index (κ2) is 4.50. The summed E-state index contributed by atoms with van der Waals surface area (Å²) in [6, 6.07) is 10.4. The third kappa shape index (κ3) is 1.96. The number of sulfone groups is 1. The van der Waals surface area contributed by atoms with Crippen molar-refractivity contribution >= 4 is 9.84 Å². The highest BCUT2D eigenvalue weighted by Crippen LogP contribution is 2.38. The summed E-state index contributed by atoms with van der Waals surface area (Å²) in [6.45, 7) is 0. The van der Waals surface area contributed by atoms with Gasteiger partial charge >= 0.3 is 0 Å². The Morgan fingerprint density at radius 1 is 1.06 bits per heavy atom. The summed E-state index contributed by atoms with van der Waals surface area (Å²) in [4.78, 5) is 0.267. The molecule has 1 aliphatic carbocycles. The zero-order valence-corrected chi connectivity index (χ0v) is 10.4. The Bertz CT molecular complexity index is 522. The maximum Gasteiger partial charge on any atom is 0.197 e. The van der Waals surface area contributed by atoms with Crippen LogP contribution in [-0.2, 0) is 9.84 Å². The van der Waals surface area contributed by atoms with Crippen LogP contribution in [0.2, 0.25) is 0 Å². The Kier molecular flexibility index (Phi) is 3.21. The Balaban J connectivity index is 2.48. The van der Waals surface area contributed by atoms with E-state index in [0.717, 1.165) is 19.3 Å². The van der Waals surface area contributed by atoms with Crippen LogP contribution in [-0.4, -0.2) is 13.2 Å². The Morgan fingerprint density at radius 2 is 1.65 bits per heavy atom. The van der Waals surface area contributed by atoms with Crippen LogP contribution in [0.3, 0.4) is 0 Å². The minimum Gasteiger partial charge on any atom is -0.222 e. The smallest absolute Gasteiger partial charge is 0.197 e. The van der Waals surface area contributed by atoms with Gasteiger partial charge in [-0.1, -0.05) is 37.5 Å². The standard InChI is InChI=1S/C13H15NO2S/c14-11-13(9-5-2-6-10-13)17(15,16)12-7-3-1-4-8-12/h1,3-4,7-8H,2,5-6,9-10H2. The fourth-order valence-electron chi connectivity index (χ4n) is 2.39. The van der Waals surface area contributed by atoms with Gasteiger partial charge in [-0.3, -0.25) is 0 Å². The van der Waals surface area contributed by atoms with Crippen molar-refractivity contribution in [1.29, 1.82) is 5.26 Å². The molecule has 3 nitrogen and oxygen atoms in total. The van der Waals surface area contributed by atoms with Crippen LogP contribution in [0.5, 0.6) is 0 Å². The lowest BCUT2D eigenvalue weighted by atomic mass is 9.89. The molecule has 1 saturated carbocycles. The number of nitriles is 1.